The number of carbonyl (C=O) groups excluding carboxylic acids is 2. The number of aliphatic hydroxyl groups excluding tert-OH is 1. The van der Waals surface area contributed by atoms with E-state index in [0.717, 1.165) is 16.5 Å². The van der Waals surface area contributed by atoms with Crippen molar-refractivity contribution >= 4 is 28.4 Å². The zero-order valence-electron chi connectivity index (χ0n) is 17.7. The first kappa shape index (κ1) is 20.6. The van der Waals surface area contributed by atoms with E-state index in [1.807, 2.05) is 24.3 Å². The summed E-state index contributed by atoms with van der Waals surface area (Å²) < 4.78 is 13.8. The topological polar surface area (TPSA) is 86.3 Å². The number of amides is 1. The molecule has 5 rings (SSSR count). The van der Waals surface area contributed by atoms with Gasteiger partial charge < -0.3 is 15.0 Å². The molecule has 33 heavy (non-hydrogen) atoms. The van der Waals surface area contributed by atoms with Crippen molar-refractivity contribution in [1.82, 2.24) is 14.9 Å². The van der Waals surface area contributed by atoms with Gasteiger partial charge in [0.25, 0.3) is 11.7 Å². The van der Waals surface area contributed by atoms with Crippen LogP contribution >= 0.6 is 0 Å². The van der Waals surface area contributed by atoms with E-state index in [1.165, 1.54) is 23.1 Å². The molecule has 2 aromatic carbocycles. The quantitative estimate of drug-likeness (QED) is 0.275. The fourth-order valence-corrected chi connectivity index (χ4v) is 4.32. The van der Waals surface area contributed by atoms with Gasteiger partial charge in [0.05, 0.1) is 11.6 Å². The summed E-state index contributed by atoms with van der Waals surface area (Å²) >= 11 is 0. The molecule has 2 aromatic heterocycles. The number of carbonyl (C=O) groups is 2. The van der Waals surface area contributed by atoms with Crippen LogP contribution in [-0.4, -0.2) is 31.7 Å². The summed E-state index contributed by atoms with van der Waals surface area (Å²) in [6, 6.07) is 14.4. The third-order valence-corrected chi connectivity index (χ3v) is 5.99. The number of hydrogen-bond acceptors (Lipinski definition) is 4. The Morgan fingerprint density at radius 1 is 1.12 bits per heavy atom. The fraction of sp³-hybridized carbons (Fsp3) is 0.115. The largest absolute Gasteiger partial charge is 0.507 e. The lowest BCUT2D eigenvalue weighted by Crippen LogP contribution is -2.29. The summed E-state index contributed by atoms with van der Waals surface area (Å²) in [4.78, 5) is 35.0. The van der Waals surface area contributed by atoms with E-state index in [1.54, 1.807) is 37.6 Å². The van der Waals surface area contributed by atoms with Crippen molar-refractivity contribution in [2.24, 2.45) is 0 Å². The molecular formula is C26H20FN3O3. The number of nitrogens with one attached hydrogen (secondary N) is 1. The molecule has 0 spiro atoms. The Bertz CT molecular complexity index is 1430. The van der Waals surface area contributed by atoms with Crippen molar-refractivity contribution in [3.05, 3.63) is 107 Å². The second kappa shape index (κ2) is 8.02. The van der Waals surface area contributed by atoms with Gasteiger partial charge in [0.1, 0.15) is 11.6 Å². The highest BCUT2D eigenvalue weighted by Gasteiger charge is 2.46. The van der Waals surface area contributed by atoms with Gasteiger partial charge in [-0.2, -0.15) is 0 Å². The summed E-state index contributed by atoms with van der Waals surface area (Å²) in [6.45, 7) is 1.74. The fourth-order valence-electron chi connectivity index (χ4n) is 4.32. The van der Waals surface area contributed by atoms with Crippen LogP contribution in [0.15, 0.2) is 78.8 Å². The number of hydrogen-bond donors (Lipinski definition) is 2. The van der Waals surface area contributed by atoms with Crippen molar-refractivity contribution < 1.29 is 19.1 Å². The van der Waals surface area contributed by atoms with Crippen molar-refractivity contribution in [3.63, 3.8) is 0 Å². The van der Waals surface area contributed by atoms with E-state index in [0.29, 0.717) is 11.1 Å². The minimum atomic E-state index is -0.820. The van der Waals surface area contributed by atoms with E-state index in [4.69, 9.17) is 0 Å². The highest BCUT2D eigenvalue weighted by atomic mass is 19.1. The van der Waals surface area contributed by atoms with Crippen LogP contribution in [0.25, 0.3) is 16.7 Å². The van der Waals surface area contributed by atoms with Gasteiger partial charge in [-0.15, -0.1) is 0 Å². The maximum atomic E-state index is 13.8. The first-order valence-corrected chi connectivity index (χ1v) is 10.5. The van der Waals surface area contributed by atoms with Crippen molar-refractivity contribution in [2.45, 2.75) is 19.5 Å². The zero-order valence-corrected chi connectivity index (χ0v) is 17.7. The molecule has 0 saturated carbocycles. The number of aryl methyl sites for hydroxylation is 1. The van der Waals surface area contributed by atoms with Gasteiger partial charge in [0.15, 0.2) is 0 Å². The summed E-state index contributed by atoms with van der Waals surface area (Å²) in [5.41, 5.74) is 2.92. The lowest BCUT2D eigenvalue weighted by atomic mass is 9.94. The molecule has 1 aliphatic heterocycles. The molecule has 3 heterocycles. The molecule has 0 radical (unpaired) electrons. The summed E-state index contributed by atoms with van der Waals surface area (Å²) in [6.07, 6.45) is 4.99. The number of nitrogens with zero attached hydrogens (tertiary/aromatic N) is 2. The van der Waals surface area contributed by atoms with E-state index >= 15 is 0 Å². The molecule has 6 nitrogen and oxygen atoms in total. The molecular weight excluding hydrogens is 421 g/mol. The Morgan fingerprint density at radius 3 is 2.64 bits per heavy atom. The van der Waals surface area contributed by atoms with Crippen molar-refractivity contribution in [2.75, 3.05) is 0 Å². The van der Waals surface area contributed by atoms with E-state index in [9.17, 15) is 19.1 Å². The van der Waals surface area contributed by atoms with E-state index in [2.05, 4.69) is 9.97 Å². The van der Waals surface area contributed by atoms with Gasteiger partial charge in [0, 0.05) is 47.2 Å². The summed E-state index contributed by atoms with van der Waals surface area (Å²) in [5, 5.41) is 12.0. The van der Waals surface area contributed by atoms with Gasteiger partial charge >= 0.3 is 0 Å². The highest BCUT2D eigenvalue weighted by Crippen LogP contribution is 2.42. The number of aromatic nitrogens is 2. The van der Waals surface area contributed by atoms with Crippen LogP contribution in [0, 0.1) is 12.7 Å². The Labute approximate surface area is 189 Å². The number of aliphatic hydroxyl groups is 1. The Hall–Kier alpha value is -4.26. The third-order valence-electron chi connectivity index (χ3n) is 5.99. The molecule has 4 aromatic rings. The van der Waals surface area contributed by atoms with Crippen LogP contribution in [0.2, 0.25) is 0 Å². The zero-order chi connectivity index (χ0) is 23.1. The predicted octanol–water partition coefficient (Wildman–Crippen LogP) is 4.63. The molecule has 164 valence electrons. The number of pyridine rings is 1. The van der Waals surface area contributed by atoms with Crippen LogP contribution in [0.4, 0.5) is 4.39 Å². The molecule has 1 fully saturated rings. The molecule has 1 amide bonds. The molecule has 1 atom stereocenters. The van der Waals surface area contributed by atoms with E-state index < -0.39 is 23.5 Å². The van der Waals surface area contributed by atoms with Crippen molar-refractivity contribution in [3.8, 4) is 0 Å². The average Bonchev–Trinajstić information content (AvgIpc) is 3.35. The standard InChI is InChI=1S/C26H20FN3O3/c1-15-12-17(6-7-20(15)27)24(31)22-23(19-13-29-21-5-3-2-4-18(19)21)30(26(33)25(22)32)14-16-8-10-28-11-9-16/h2-13,23,29,31H,14H2,1H3/b24-22+. The van der Waals surface area contributed by atoms with Crippen LogP contribution in [0.3, 0.4) is 0 Å². The highest BCUT2D eigenvalue weighted by molar-refractivity contribution is 6.46. The molecule has 7 heteroatoms. The maximum Gasteiger partial charge on any atom is 0.295 e. The van der Waals surface area contributed by atoms with Gasteiger partial charge in [-0.05, 0) is 54.4 Å². The van der Waals surface area contributed by atoms with Crippen molar-refractivity contribution in [1.29, 1.82) is 0 Å². The predicted molar refractivity (Wildman–Crippen MR) is 122 cm³/mol. The number of ketones is 1. The molecule has 0 bridgehead atoms. The molecule has 1 saturated heterocycles. The monoisotopic (exact) mass is 441 g/mol. The average molecular weight is 441 g/mol. The second-order valence-electron chi connectivity index (χ2n) is 8.04. The molecule has 2 N–H and O–H groups in total. The normalized spacial score (nSPS) is 17.8. The lowest BCUT2D eigenvalue weighted by Gasteiger charge is -2.25. The van der Waals surface area contributed by atoms with Gasteiger partial charge in [-0.3, -0.25) is 14.6 Å². The third kappa shape index (κ3) is 3.47. The smallest absolute Gasteiger partial charge is 0.295 e. The summed E-state index contributed by atoms with van der Waals surface area (Å²) in [5.74, 6) is -2.23. The number of rotatable bonds is 4. The number of para-hydroxylation sites is 1. The lowest BCUT2D eigenvalue weighted by molar-refractivity contribution is -0.140. The first-order valence-electron chi connectivity index (χ1n) is 10.5. The van der Waals surface area contributed by atoms with E-state index in [-0.39, 0.29) is 23.4 Å². The molecule has 1 aliphatic rings. The number of benzene rings is 2. The number of halogens is 1. The van der Waals surface area contributed by atoms with Crippen LogP contribution in [0.1, 0.15) is 28.3 Å². The van der Waals surface area contributed by atoms with Gasteiger partial charge in [0.2, 0.25) is 0 Å². The Balaban J connectivity index is 1.72. The Morgan fingerprint density at radius 2 is 1.88 bits per heavy atom. The van der Waals surface area contributed by atoms with Gasteiger partial charge in [-0.1, -0.05) is 18.2 Å². The number of fused-ring (bicyclic) bond motifs is 1. The Kier molecular flexibility index (Phi) is 5.01. The van der Waals surface area contributed by atoms with Gasteiger partial charge in [-0.25, -0.2) is 4.39 Å². The van der Waals surface area contributed by atoms with Crippen LogP contribution < -0.4 is 0 Å². The first-order chi connectivity index (χ1) is 16.0. The minimum Gasteiger partial charge on any atom is -0.507 e. The molecule has 1 unspecified atom stereocenters. The van der Waals surface area contributed by atoms with Crippen LogP contribution in [-0.2, 0) is 16.1 Å². The number of likely N-dealkylation sites (tertiary alicyclic amines) is 1. The number of Topliss-reactive ketones (excluding diaryl/α,β-unsaturated/α-hetero) is 1. The second-order valence-corrected chi connectivity index (χ2v) is 8.04. The SMILES string of the molecule is Cc1cc(/C(O)=C2\C(=O)C(=O)N(Cc3ccncc3)C2c2c[nH]c3ccccc23)ccc1F. The number of H-pyrrole nitrogens is 1. The number of aromatic amines is 1. The van der Waals surface area contributed by atoms with Crippen LogP contribution in [0.5, 0.6) is 0 Å². The maximum absolute atomic E-state index is 13.8. The molecule has 0 aliphatic carbocycles. The minimum absolute atomic E-state index is 0.0233. The summed E-state index contributed by atoms with van der Waals surface area (Å²) in [7, 11) is 0.